The fourth-order valence-electron chi connectivity index (χ4n) is 3.44. The number of carbonyl (C=O) groups excluding carboxylic acids is 2. The van der Waals surface area contributed by atoms with E-state index in [-0.39, 0.29) is 0 Å². The Morgan fingerprint density at radius 2 is 2.10 bits per heavy atom. The van der Waals surface area contributed by atoms with Crippen LogP contribution in [0.2, 0.25) is 0 Å². The molecule has 0 spiro atoms. The molecule has 1 aliphatic heterocycles. The van der Waals surface area contributed by atoms with E-state index in [0.717, 1.165) is 37.4 Å². The average molecular weight is 409 g/mol. The van der Waals surface area contributed by atoms with Crippen LogP contribution in [0.4, 0.5) is 5.82 Å². The summed E-state index contributed by atoms with van der Waals surface area (Å²) in [5, 5.41) is 3.49. The van der Waals surface area contributed by atoms with E-state index in [4.69, 9.17) is 0 Å². The van der Waals surface area contributed by atoms with Crippen LogP contribution in [0, 0.1) is 13.8 Å². The molecule has 7 nitrogen and oxygen atoms in total. The summed E-state index contributed by atoms with van der Waals surface area (Å²) in [6.45, 7) is 8.57. The number of hydrogen-bond donors (Lipinski definition) is 2. The number of nitrogens with one attached hydrogen (secondary N) is 2. The molecule has 158 valence electrons. The van der Waals surface area contributed by atoms with Crippen molar-refractivity contribution in [1.82, 2.24) is 15.4 Å². The second-order valence-electron chi connectivity index (χ2n) is 7.59. The maximum atomic E-state index is 11.5. The van der Waals surface area contributed by atoms with Gasteiger partial charge in [-0.25, -0.2) is 4.98 Å². The van der Waals surface area contributed by atoms with Gasteiger partial charge in [0.15, 0.2) is 0 Å². The van der Waals surface area contributed by atoms with Gasteiger partial charge in [0.25, 0.3) is 5.91 Å². The minimum Gasteiger partial charge on any atom is -0.366 e. The average Bonchev–Trinajstić information content (AvgIpc) is 3.16. The maximum absolute atomic E-state index is 11.5. The predicted molar refractivity (Wildman–Crippen MR) is 116 cm³/mol. The van der Waals surface area contributed by atoms with Crippen molar-refractivity contribution in [2.75, 3.05) is 18.4 Å². The molecule has 3 rings (SSSR count). The molecule has 1 amide bonds. The number of pyridine rings is 1. The molecule has 1 fully saturated rings. The third kappa shape index (κ3) is 6.15. The Bertz CT molecular complexity index is 925. The van der Waals surface area contributed by atoms with Gasteiger partial charge in [-0.15, -0.1) is 0 Å². The van der Waals surface area contributed by atoms with E-state index in [2.05, 4.69) is 52.1 Å². The van der Waals surface area contributed by atoms with Crippen molar-refractivity contribution in [3.63, 3.8) is 0 Å². The highest BCUT2D eigenvalue weighted by Gasteiger charge is 2.23. The number of benzene rings is 1. The highest BCUT2D eigenvalue weighted by Crippen LogP contribution is 2.20. The molecule has 0 unspecified atom stereocenters. The normalized spacial score (nSPS) is 16.6. The largest absolute Gasteiger partial charge is 0.366 e. The lowest BCUT2D eigenvalue weighted by Gasteiger charge is -2.19. The first-order chi connectivity index (χ1) is 14.4. The van der Waals surface area contributed by atoms with Gasteiger partial charge in [0.1, 0.15) is 5.82 Å². The summed E-state index contributed by atoms with van der Waals surface area (Å²) in [6.07, 6.45) is 5.66. The van der Waals surface area contributed by atoms with E-state index < -0.39 is 11.9 Å². The number of anilines is 1. The Hall–Kier alpha value is -3.19. The molecule has 2 heterocycles. The Morgan fingerprint density at radius 3 is 2.83 bits per heavy atom. The Kier molecular flexibility index (Phi) is 7.19. The van der Waals surface area contributed by atoms with Crippen molar-refractivity contribution in [2.45, 2.75) is 39.8 Å². The summed E-state index contributed by atoms with van der Waals surface area (Å²) in [5.74, 6) is -0.272. The number of hydrogen-bond acceptors (Lipinski definition) is 6. The van der Waals surface area contributed by atoms with E-state index in [0.29, 0.717) is 6.04 Å². The molecule has 0 saturated carbocycles. The third-order valence-electron chi connectivity index (χ3n) is 5.24. The molecule has 0 radical (unpaired) electrons. The van der Waals surface area contributed by atoms with Gasteiger partial charge in [-0.2, -0.15) is 5.48 Å². The molecular formula is C23H28N4O3. The van der Waals surface area contributed by atoms with Crippen LogP contribution in [0.1, 0.15) is 35.6 Å². The zero-order valence-corrected chi connectivity index (χ0v) is 17.6. The maximum Gasteiger partial charge on any atom is 0.329 e. The number of aryl methyl sites for hydroxylation is 1. The minimum atomic E-state index is -0.576. The fraction of sp³-hybridized carbons (Fsp3) is 0.348. The topological polar surface area (TPSA) is 83.6 Å². The first-order valence-corrected chi connectivity index (χ1v) is 10.1. The van der Waals surface area contributed by atoms with Crippen molar-refractivity contribution in [1.29, 1.82) is 0 Å². The first-order valence-electron chi connectivity index (χ1n) is 10.1. The van der Waals surface area contributed by atoms with Gasteiger partial charge < -0.3 is 10.2 Å². The van der Waals surface area contributed by atoms with Crippen LogP contribution in [-0.2, 0) is 21.0 Å². The van der Waals surface area contributed by atoms with Crippen molar-refractivity contribution < 1.29 is 14.4 Å². The number of aromatic nitrogens is 1. The van der Waals surface area contributed by atoms with Crippen LogP contribution in [-0.4, -0.2) is 40.9 Å². The van der Waals surface area contributed by atoms with Gasteiger partial charge in [-0.1, -0.05) is 18.2 Å². The molecule has 0 aliphatic carbocycles. The second kappa shape index (κ2) is 10.0. The van der Waals surface area contributed by atoms with E-state index >= 15 is 0 Å². The molecule has 7 heteroatoms. The smallest absolute Gasteiger partial charge is 0.329 e. The Balaban J connectivity index is 1.48. The Morgan fingerprint density at radius 1 is 1.27 bits per heavy atom. The summed E-state index contributed by atoms with van der Waals surface area (Å²) < 4.78 is 0. The van der Waals surface area contributed by atoms with Crippen molar-refractivity contribution in [3.8, 4) is 0 Å². The number of carbonyl (C=O) groups is 2. The minimum absolute atomic E-state index is 0.360. The van der Waals surface area contributed by atoms with Crippen LogP contribution in [0.15, 0.2) is 42.6 Å². The highest BCUT2D eigenvalue weighted by molar-refractivity contribution is 5.91. The first kappa shape index (κ1) is 21.5. The lowest BCUT2D eigenvalue weighted by atomic mass is 10.0. The van der Waals surface area contributed by atoms with Crippen LogP contribution >= 0.6 is 0 Å². The lowest BCUT2D eigenvalue weighted by Crippen LogP contribution is -2.26. The van der Waals surface area contributed by atoms with Gasteiger partial charge in [-0.05, 0) is 60.7 Å². The van der Waals surface area contributed by atoms with Crippen molar-refractivity contribution >= 4 is 23.8 Å². The summed E-state index contributed by atoms with van der Waals surface area (Å²) in [6, 6.07) is 10.6. The van der Waals surface area contributed by atoms with E-state index in [1.807, 2.05) is 17.6 Å². The monoisotopic (exact) mass is 408 g/mol. The number of amides is 1. The van der Waals surface area contributed by atoms with Crippen molar-refractivity contribution in [2.24, 2.45) is 0 Å². The summed E-state index contributed by atoms with van der Waals surface area (Å²) in [4.78, 5) is 33.5. The molecule has 1 atom stereocenters. The molecule has 30 heavy (non-hydrogen) atoms. The molecule has 1 aromatic heterocycles. The quantitative estimate of drug-likeness (QED) is 0.565. The van der Waals surface area contributed by atoms with Gasteiger partial charge in [-0.3, -0.25) is 14.5 Å². The van der Waals surface area contributed by atoms with Crippen LogP contribution in [0.25, 0.3) is 6.08 Å². The number of nitrogens with zero attached hydrogens (tertiary/aromatic N) is 2. The predicted octanol–water partition coefficient (Wildman–Crippen LogP) is 2.99. The number of likely N-dealkylation sites (tertiary alicyclic amines) is 1. The van der Waals surface area contributed by atoms with E-state index in [1.54, 1.807) is 12.3 Å². The molecule has 2 aromatic rings. The standard InChI is InChI=1S/C23H28N4O3/c1-16-5-4-6-20(17(16)2)14-27-12-11-21(15-27)25-22-9-7-19(13-24-22)8-10-23(29)26-30-18(3)28/h4-10,13,21H,11-12,14-15H2,1-3H3,(H,24,25)(H,26,29)/b10-8+/t21-/m1/s1. The van der Waals surface area contributed by atoms with Gasteiger partial charge >= 0.3 is 5.97 Å². The molecule has 1 aliphatic rings. The van der Waals surface area contributed by atoms with Crippen LogP contribution < -0.4 is 10.8 Å². The highest BCUT2D eigenvalue weighted by atomic mass is 16.7. The van der Waals surface area contributed by atoms with Gasteiger partial charge in [0.2, 0.25) is 0 Å². The summed E-state index contributed by atoms with van der Waals surface area (Å²) in [5.41, 5.74) is 6.91. The molecule has 2 N–H and O–H groups in total. The summed E-state index contributed by atoms with van der Waals surface area (Å²) in [7, 11) is 0. The van der Waals surface area contributed by atoms with Gasteiger partial charge in [0.05, 0.1) is 0 Å². The molecule has 1 aromatic carbocycles. The van der Waals surface area contributed by atoms with Crippen LogP contribution in [0.5, 0.6) is 0 Å². The number of rotatable bonds is 6. The molecule has 1 saturated heterocycles. The lowest BCUT2D eigenvalue weighted by molar-refractivity contribution is -0.154. The van der Waals surface area contributed by atoms with Gasteiger partial charge in [0, 0.05) is 44.9 Å². The second-order valence-corrected chi connectivity index (χ2v) is 7.59. The third-order valence-corrected chi connectivity index (χ3v) is 5.24. The van der Waals surface area contributed by atoms with Crippen LogP contribution in [0.3, 0.4) is 0 Å². The SMILES string of the molecule is CC(=O)ONC(=O)/C=C/c1ccc(N[C@@H]2CCN(Cc3cccc(C)c3C)C2)nc1. The van der Waals surface area contributed by atoms with E-state index in [1.165, 1.54) is 29.7 Å². The Labute approximate surface area is 177 Å². The fourth-order valence-corrected chi connectivity index (χ4v) is 3.44. The summed E-state index contributed by atoms with van der Waals surface area (Å²) >= 11 is 0. The zero-order valence-electron chi connectivity index (χ0n) is 17.6. The molecular weight excluding hydrogens is 380 g/mol. The molecule has 0 bridgehead atoms. The number of hydroxylamine groups is 1. The zero-order chi connectivity index (χ0) is 21.5. The van der Waals surface area contributed by atoms with E-state index in [9.17, 15) is 9.59 Å². The van der Waals surface area contributed by atoms with Crippen molar-refractivity contribution in [3.05, 3.63) is 64.9 Å².